The summed E-state index contributed by atoms with van der Waals surface area (Å²) in [4.78, 5) is 11.8. The molecule has 0 heterocycles. The molecule has 0 unspecified atom stereocenters. The molecule has 1 N–H and O–H groups in total. The lowest BCUT2D eigenvalue weighted by atomic mass is 10.1. The molecule has 0 fully saturated rings. The highest BCUT2D eigenvalue weighted by Gasteiger charge is 2.14. The highest BCUT2D eigenvalue weighted by Crippen LogP contribution is 2.17. The summed E-state index contributed by atoms with van der Waals surface area (Å²) in [6, 6.07) is 4.28. The zero-order valence-electron chi connectivity index (χ0n) is 11.3. The van der Waals surface area contributed by atoms with Gasteiger partial charge in [0.2, 0.25) is 0 Å². The van der Waals surface area contributed by atoms with Crippen LogP contribution in [0.2, 0.25) is 0 Å². The van der Waals surface area contributed by atoms with E-state index < -0.39 is 5.82 Å². The first-order valence-corrected chi connectivity index (χ1v) is 5.95. The van der Waals surface area contributed by atoms with E-state index in [1.165, 1.54) is 19.2 Å². The first kappa shape index (κ1) is 14.6. The Balaban J connectivity index is 2.62. The summed E-state index contributed by atoms with van der Waals surface area (Å²) in [7, 11) is 1.46. The van der Waals surface area contributed by atoms with Gasteiger partial charge in [-0.15, -0.1) is 0 Å². The van der Waals surface area contributed by atoms with Crippen LogP contribution in [0, 0.1) is 5.82 Å². The van der Waals surface area contributed by atoms with Crippen LogP contribution in [0.25, 0.3) is 0 Å². The first-order valence-electron chi connectivity index (χ1n) is 5.95. The molecule has 0 bridgehead atoms. The number of Topliss-reactive ketones (excluding diaryl/α,β-unsaturated/α-hetero) is 1. The Morgan fingerprint density at radius 1 is 1.39 bits per heavy atom. The van der Waals surface area contributed by atoms with Gasteiger partial charge < -0.3 is 10.1 Å². The van der Waals surface area contributed by atoms with Crippen LogP contribution < -0.4 is 10.1 Å². The molecular weight excluding hydrogens is 233 g/mol. The van der Waals surface area contributed by atoms with Gasteiger partial charge in [0, 0.05) is 24.6 Å². The average molecular weight is 253 g/mol. The standard InChI is InChI=1S/C14H20FNO2/c1-14(2,3)16-8-7-13(17)11-6-5-10(18-4)9-12(11)15/h5-6,9,16H,7-8H2,1-4H3. The fourth-order valence-electron chi connectivity index (χ4n) is 1.53. The van der Waals surface area contributed by atoms with Gasteiger partial charge in [-0.05, 0) is 32.9 Å². The van der Waals surface area contributed by atoms with Gasteiger partial charge in [0.15, 0.2) is 5.78 Å². The minimum Gasteiger partial charge on any atom is -0.497 e. The number of hydrogen-bond acceptors (Lipinski definition) is 3. The number of hydrogen-bond donors (Lipinski definition) is 1. The lowest BCUT2D eigenvalue weighted by Gasteiger charge is -2.20. The summed E-state index contributed by atoms with van der Waals surface area (Å²) in [5.74, 6) is -0.320. The molecule has 4 heteroatoms. The van der Waals surface area contributed by atoms with Crippen LogP contribution in [0.4, 0.5) is 4.39 Å². The van der Waals surface area contributed by atoms with E-state index in [1.807, 2.05) is 20.8 Å². The Bertz CT molecular complexity index is 424. The Morgan fingerprint density at radius 3 is 2.56 bits per heavy atom. The fourth-order valence-corrected chi connectivity index (χ4v) is 1.53. The SMILES string of the molecule is COc1ccc(C(=O)CCNC(C)(C)C)c(F)c1. The zero-order chi connectivity index (χ0) is 13.8. The van der Waals surface area contributed by atoms with E-state index in [2.05, 4.69) is 5.32 Å². The number of carbonyl (C=O) groups excluding carboxylic acids is 1. The van der Waals surface area contributed by atoms with Crippen LogP contribution in [0.15, 0.2) is 18.2 Å². The summed E-state index contributed by atoms with van der Waals surface area (Å²) < 4.78 is 18.5. The van der Waals surface area contributed by atoms with Crippen LogP contribution in [0.5, 0.6) is 5.75 Å². The zero-order valence-corrected chi connectivity index (χ0v) is 11.3. The van der Waals surface area contributed by atoms with Gasteiger partial charge >= 0.3 is 0 Å². The fraction of sp³-hybridized carbons (Fsp3) is 0.500. The molecule has 0 spiro atoms. The molecule has 0 radical (unpaired) electrons. The second kappa shape index (κ2) is 5.96. The lowest BCUT2D eigenvalue weighted by Crippen LogP contribution is -2.37. The van der Waals surface area contributed by atoms with E-state index in [-0.39, 0.29) is 23.3 Å². The van der Waals surface area contributed by atoms with E-state index in [1.54, 1.807) is 6.07 Å². The highest BCUT2D eigenvalue weighted by molar-refractivity contribution is 5.96. The van der Waals surface area contributed by atoms with Crippen LogP contribution in [-0.2, 0) is 0 Å². The molecular formula is C14H20FNO2. The van der Waals surface area contributed by atoms with Crippen molar-refractivity contribution in [3.63, 3.8) is 0 Å². The average Bonchev–Trinajstić information content (AvgIpc) is 2.26. The summed E-state index contributed by atoms with van der Waals surface area (Å²) in [5.41, 5.74) is 0.0742. The molecule has 0 aliphatic rings. The van der Waals surface area contributed by atoms with Gasteiger partial charge in [-0.1, -0.05) is 0 Å². The van der Waals surface area contributed by atoms with Gasteiger partial charge in [0.25, 0.3) is 0 Å². The number of benzene rings is 1. The van der Waals surface area contributed by atoms with Crippen molar-refractivity contribution in [2.75, 3.05) is 13.7 Å². The number of ether oxygens (including phenoxy) is 1. The highest BCUT2D eigenvalue weighted by atomic mass is 19.1. The van der Waals surface area contributed by atoms with Gasteiger partial charge in [-0.3, -0.25) is 4.79 Å². The number of carbonyl (C=O) groups is 1. The van der Waals surface area contributed by atoms with Crippen molar-refractivity contribution in [1.82, 2.24) is 5.32 Å². The van der Waals surface area contributed by atoms with Gasteiger partial charge in [0.05, 0.1) is 12.7 Å². The van der Waals surface area contributed by atoms with E-state index >= 15 is 0 Å². The van der Waals surface area contributed by atoms with Gasteiger partial charge in [-0.25, -0.2) is 4.39 Å². The Labute approximate surface area is 107 Å². The summed E-state index contributed by atoms with van der Waals surface area (Å²) in [6.45, 7) is 6.59. The molecule has 100 valence electrons. The van der Waals surface area contributed by atoms with Gasteiger partial charge in [0.1, 0.15) is 11.6 Å². The number of methoxy groups -OCH3 is 1. The van der Waals surface area contributed by atoms with E-state index in [0.717, 1.165) is 0 Å². The maximum Gasteiger partial charge on any atom is 0.167 e. The third-order valence-electron chi connectivity index (χ3n) is 2.48. The number of rotatable bonds is 5. The van der Waals surface area contributed by atoms with E-state index in [0.29, 0.717) is 12.3 Å². The van der Waals surface area contributed by atoms with Gasteiger partial charge in [-0.2, -0.15) is 0 Å². The van der Waals surface area contributed by atoms with Crippen molar-refractivity contribution in [2.24, 2.45) is 0 Å². The Hall–Kier alpha value is -1.42. The largest absolute Gasteiger partial charge is 0.497 e. The first-order chi connectivity index (χ1) is 8.33. The molecule has 0 aromatic heterocycles. The number of halogens is 1. The van der Waals surface area contributed by atoms with Crippen LogP contribution >= 0.6 is 0 Å². The van der Waals surface area contributed by atoms with Crippen molar-refractivity contribution in [1.29, 1.82) is 0 Å². The summed E-state index contributed by atoms with van der Waals surface area (Å²) in [5, 5.41) is 3.20. The second-order valence-electron chi connectivity index (χ2n) is 5.20. The van der Waals surface area contributed by atoms with E-state index in [9.17, 15) is 9.18 Å². The van der Waals surface area contributed by atoms with Crippen molar-refractivity contribution < 1.29 is 13.9 Å². The van der Waals surface area contributed by atoms with Crippen molar-refractivity contribution >= 4 is 5.78 Å². The molecule has 0 amide bonds. The molecule has 0 saturated heterocycles. The third kappa shape index (κ3) is 4.45. The third-order valence-corrected chi connectivity index (χ3v) is 2.48. The molecule has 0 aliphatic carbocycles. The summed E-state index contributed by atoms with van der Waals surface area (Å²) in [6.07, 6.45) is 0.278. The van der Waals surface area contributed by atoms with Crippen molar-refractivity contribution in [3.8, 4) is 5.75 Å². The minimum atomic E-state index is -0.532. The van der Waals surface area contributed by atoms with Crippen molar-refractivity contribution in [2.45, 2.75) is 32.7 Å². The maximum absolute atomic E-state index is 13.6. The van der Waals surface area contributed by atoms with E-state index in [4.69, 9.17) is 4.74 Å². The van der Waals surface area contributed by atoms with Crippen LogP contribution in [0.3, 0.4) is 0 Å². The quantitative estimate of drug-likeness (QED) is 0.820. The molecule has 0 aliphatic heterocycles. The maximum atomic E-state index is 13.6. The Morgan fingerprint density at radius 2 is 2.06 bits per heavy atom. The molecule has 1 aromatic carbocycles. The molecule has 18 heavy (non-hydrogen) atoms. The van der Waals surface area contributed by atoms with Crippen molar-refractivity contribution in [3.05, 3.63) is 29.6 Å². The van der Waals surface area contributed by atoms with Crippen LogP contribution in [-0.4, -0.2) is 25.0 Å². The second-order valence-corrected chi connectivity index (χ2v) is 5.20. The molecule has 0 atom stereocenters. The Kier molecular flexibility index (Phi) is 4.84. The predicted octanol–water partition coefficient (Wildman–Crippen LogP) is 2.80. The molecule has 1 rings (SSSR count). The number of nitrogens with one attached hydrogen (secondary N) is 1. The monoisotopic (exact) mass is 253 g/mol. The molecule has 3 nitrogen and oxygen atoms in total. The topological polar surface area (TPSA) is 38.3 Å². The number of ketones is 1. The smallest absolute Gasteiger partial charge is 0.167 e. The molecule has 0 saturated carbocycles. The molecule has 1 aromatic rings. The summed E-state index contributed by atoms with van der Waals surface area (Å²) >= 11 is 0. The normalized spacial score (nSPS) is 11.4. The lowest BCUT2D eigenvalue weighted by molar-refractivity contribution is 0.0976. The predicted molar refractivity (Wildman–Crippen MR) is 69.7 cm³/mol. The van der Waals surface area contributed by atoms with Crippen LogP contribution in [0.1, 0.15) is 37.6 Å². The minimum absolute atomic E-state index is 0.0429.